The Kier molecular flexibility index (Phi) is 7.15. The molecule has 1 amide bonds. The highest BCUT2D eigenvalue weighted by Gasteiger charge is 2.31. The molecule has 30 heavy (non-hydrogen) atoms. The third-order valence-corrected chi connectivity index (χ3v) is 4.81. The summed E-state index contributed by atoms with van der Waals surface area (Å²) in [4.78, 5) is 21.2. The average molecular weight is 422 g/mol. The van der Waals surface area contributed by atoms with Crippen LogP contribution in [0.15, 0.2) is 48.7 Å². The third-order valence-electron chi connectivity index (χ3n) is 4.81. The number of nitrogens with zero attached hydrogens (tertiary/aromatic N) is 3. The number of carbonyl (C=O) groups is 1. The van der Waals surface area contributed by atoms with E-state index in [1.807, 2.05) is 25.1 Å². The van der Waals surface area contributed by atoms with Crippen molar-refractivity contribution in [2.75, 3.05) is 37.6 Å². The summed E-state index contributed by atoms with van der Waals surface area (Å²) < 4.78 is 40.4. The van der Waals surface area contributed by atoms with Gasteiger partial charge in [0.2, 0.25) is 5.91 Å². The molecule has 0 bridgehead atoms. The summed E-state index contributed by atoms with van der Waals surface area (Å²) in [7, 11) is 0. The van der Waals surface area contributed by atoms with Gasteiger partial charge >= 0.3 is 6.36 Å². The molecule has 0 spiro atoms. The van der Waals surface area contributed by atoms with Crippen molar-refractivity contribution in [1.29, 1.82) is 0 Å². The lowest BCUT2D eigenvalue weighted by Gasteiger charge is -2.36. The fraction of sp³-hybridized carbons (Fsp3) is 0.429. The van der Waals surface area contributed by atoms with E-state index in [-0.39, 0.29) is 24.1 Å². The normalized spacial score (nSPS) is 16.2. The lowest BCUT2D eigenvalue weighted by atomic mass is 10.1. The second kappa shape index (κ2) is 9.80. The van der Waals surface area contributed by atoms with E-state index in [9.17, 15) is 18.0 Å². The molecule has 1 aliphatic heterocycles. The fourth-order valence-corrected chi connectivity index (χ4v) is 3.45. The van der Waals surface area contributed by atoms with Crippen molar-refractivity contribution in [3.63, 3.8) is 0 Å². The van der Waals surface area contributed by atoms with E-state index in [1.165, 1.54) is 24.3 Å². The molecule has 9 heteroatoms. The van der Waals surface area contributed by atoms with E-state index < -0.39 is 6.36 Å². The minimum atomic E-state index is -4.72. The van der Waals surface area contributed by atoms with Gasteiger partial charge in [0.25, 0.3) is 0 Å². The van der Waals surface area contributed by atoms with E-state index >= 15 is 0 Å². The predicted molar refractivity (Wildman–Crippen MR) is 107 cm³/mol. The third kappa shape index (κ3) is 6.91. The maximum atomic E-state index is 12.3. The van der Waals surface area contributed by atoms with Gasteiger partial charge in [0.05, 0.1) is 6.42 Å². The lowest BCUT2D eigenvalue weighted by molar-refractivity contribution is -0.274. The number of benzene rings is 1. The van der Waals surface area contributed by atoms with Crippen molar-refractivity contribution in [3.05, 3.63) is 54.2 Å². The van der Waals surface area contributed by atoms with Crippen molar-refractivity contribution in [2.45, 2.75) is 25.7 Å². The highest BCUT2D eigenvalue weighted by molar-refractivity contribution is 5.78. The fourth-order valence-electron chi connectivity index (χ4n) is 3.45. The second-order valence-corrected chi connectivity index (χ2v) is 7.31. The zero-order valence-electron chi connectivity index (χ0n) is 16.7. The van der Waals surface area contributed by atoms with Gasteiger partial charge in [-0.3, -0.25) is 9.69 Å². The maximum Gasteiger partial charge on any atom is 0.573 e. The number of nitrogens with one attached hydrogen (secondary N) is 1. The minimum absolute atomic E-state index is 0.0354. The van der Waals surface area contributed by atoms with Crippen molar-refractivity contribution in [2.24, 2.45) is 0 Å². The van der Waals surface area contributed by atoms with Crippen LogP contribution in [0.5, 0.6) is 5.75 Å². The number of alkyl halides is 3. The van der Waals surface area contributed by atoms with E-state index in [4.69, 9.17) is 0 Å². The molecule has 0 radical (unpaired) electrons. The summed E-state index contributed by atoms with van der Waals surface area (Å²) in [6, 6.07) is 11.2. The first-order valence-electron chi connectivity index (χ1n) is 9.81. The summed E-state index contributed by atoms with van der Waals surface area (Å²) in [5.74, 6) is 0.508. The summed E-state index contributed by atoms with van der Waals surface area (Å²) in [5.41, 5.74) is 0.623. The van der Waals surface area contributed by atoms with E-state index in [0.717, 1.165) is 38.5 Å². The SMILES string of the molecule is CC(CN1CCN(c2ccccn2)CC1)NC(=O)Cc1ccc(OC(F)(F)F)cc1. The van der Waals surface area contributed by atoms with Crippen molar-refractivity contribution < 1.29 is 22.7 Å². The molecule has 1 aromatic heterocycles. The molecule has 1 atom stereocenters. The minimum Gasteiger partial charge on any atom is -0.406 e. The van der Waals surface area contributed by atoms with Gasteiger partial charge in [-0.05, 0) is 36.8 Å². The highest BCUT2D eigenvalue weighted by atomic mass is 19.4. The molecule has 1 aliphatic rings. The molecule has 0 saturated carbocycles. The van der Waals surface area contributed by atoms with Gasteiger partial charge in [0.15, 0.2) is 0 Å². The van der Waals surface area contributed by atoms with Crippen LogP contribution in [0.4, 0.5) is 19.0 Å². The van der Waals surface area contributed by atoms with Crippen LogP contribution in [0.2, 0.25) is 0 Å². The summed E-state index contributed by atoms with van der Waals surface area (Å²) in [5, 5.41) is 2.95. The zero-order chi connectivity index (χ0) is 21.6. The number of pyridine rings is 1. The van der Waals surface area contributed by atoms with Gasteiger partial charge in [-0.2, -0.15) is 0 Å². The first-order valence-corrected chi connectivity index (χ1v) is 9.81. The van der Waals surface area contributed by atoms with E-state index in [1.54, 1.807) is 6.20 Å². The average Bonchev–Trinajstić information content (AvgIpc) is 2.69. The van der Waals surface area contributed by atoms with Crippen LogP contribution in [0.25, 0.3) is 0 Å². The van der Waals surface area contributed by atoms with E-state index in [2.05, 4.69) is 24.8 Å². The number of amides is 1. The molecule has 1 saturated heterocycles. The van der Waals surface area contributed by atoms with Gasteiger partial charge in [-0.25, -0.2) is 4.98 Å². The van der Waals surface area contributed by atoms with Crippen molar-refractivity contribution in [1.82, 2.24) is 15.2 Å². The Morgan fingerprint density at radius 1 is 1.13 bits per heavy atom. The first kappa shape index (κ1) is 21.9. The Morgan fingerprint density at radius 3 is 2.43 bits per heavy atom. The Balaban J connectivity index is 1.39. The Labute approximate surface area is 173 Å². The molecule has 0 aliphatic carbocycles. The number of hydrogen-bond acceptors (Lipinski definition) is 5. The van der Waals surface area contributed by atoms with Crippen molar-refractivity contribution >= 4 is 11.7 Å². The van der Waals surface area contributed by atoms with Crippen LogP contribution in [0.1, 0.15) is 12.5 Å². The topological polar surface area (TPSA) is 57.7 Å². The molecule has 2 heterocycles. The molecule has 1 N–H and O–H groups in total. The van der Waals surface area contributed by atoms with Crippen LogP contribution >= 0.6 is 0 Å². The molecule has 1 aromatic carbocycles. The Hall–Kier alpha value is -2.81. The van der Waals surface area contributed by atoms with Gasteiger partial charge in [0, 0.05) is 45.0 Å². The van der Waals surface area contributed by atoms with Crippen molar-refractivity contribution in [3.8, 4) is 5.75 Å². The quantitative estimate of drug-likeness (QED) is 0.744. The largest absolute Gasteiger partial charge is 0.573 e. The first-order chi connectivity index (χ1) is 14.3. The molecule has 6 nitrogen and oxygen atoms in total. The van der Waals surface area contributed by atoms with E-state index in [0.29, 0.717) is 5.56 Å². The molecule has 1 fully saturated rings. The number of aromatic nitrogens is 1. The highest BCUT2D eigenvalue weighted by Crippen LogP contribution is 2.22. The number of carbonyl (C=O) groups excluding carboxylic acids is 1. The second-order valence-electron chi connectivity index (χ2n) is 7.31. The predicted octanol–water partition coefficient (Wildman–Crippen LogP) is 2.85. The molecule has 1 unspecified atom stereocenters. The van der Waals surface area contributed by atoms with Gasteiger partial charge in [0.1, 0.15) is 11.6 Å². The van der Waals surface area contributed by atoms with Crippen LogP contribution in [-0.2, 0) is 11.2 Å². The molecular weight excluding hydrogens is 397 g/mol. The smallest absolute Gasteiger partial charge is 0.406 e. The van der Waals surface area contributed by atoms with Gasteiger partial charge in [-0.15, -0.1) is 13.2 Å². The zero-order valence-corrected chi connectivity index (χ0v) is 16.7. The molecule has 162 valence electrons. The maximum absolute atomic E-state index is 12.3. The monoisotopic (exact) mass is 422 g/mol. The summed E-state index contributed by atoms with van der Waals surface area (Å²) >= 11 is 0. The lowest BCUT2D eigenvalue weighted by Crippen LogP contribution is -2.51. The van der Waals surface area contributed by atoms with Gasteiger partial charge < -0.3 is 15.0 Å². The van der Waals surface area contributed by atoms with Crippen LogP contribution in [0.3, 0.4) is 0 Å². The number of rotatable bonds is 7. The summed E-state index contributed by atoms with van der Waals surface area (Å²) in [6.07, 6.45) is -2.84. The Morgan fingerprint density at radius 2 is 1.83 bits per heavy atom. The number of anilines is 1. The Bertz CT molecular complexity index is 807. The molecule has 2 aromatic rings. The standard InChI is InChI=1S/C21H25F3N4O2/c1-16(15-27-10-12-28(13-11-27)19-4-2-3-9-25-19)26-20(29)14-17-5-7-18(8-6-17)30-21(22,23)24/h2-9,16H,10-15H2,1H3,(H,26,29). The number of hydrogen-bond donors (Lipinski definition) is 1. The van der Waals surface area contributed by atoms with Crippen LogP contribution in [-0.4, -0.2) is 60.9 Å². The van der Waals surface area contributed by atoms with Gasteiger partial charge in [-0.1, -0.05) is 18.2 Å². The number of piperazine rings is 1. The number of halogens is 3. The number of ether oxygens (including phenoxy) is 1. The van der Waals surface area contributed by atoms with Crippen LogP contribution in [0, 0.1) is 0 Å². The molecular formula is C21H25F3N4O2. The molecule has 3 rings (SSSR count). The van der Waals surface area contributed by atoms with Crippen LogP contribution < -0.4 is 15.0 Å². The summed E-state index contributed by atoms with van der Waals surface area (Å²) in [6.45, 7) is 6.21.